The topological polar surface area (TPSA) is 27.7 Å². The van der Waals surface area contributed by atoms with E-state index in [1.807, 2.05) is 20.8 Å². The molecule has 0 fully saturated rings. The van der Waals surface area contributed by atoms with Gasteiger partial charge in [0, 0.05) is 16.7 Å². The molecule has 14 heavy (non-hydrogen) atoms. The maximum absolute atomic E-state index is 5.52. The zero-order valence-corrected chi connectivity index (χ0v) is 11.9. The van der Waals surface area contributed by atoms with Crippen LogP contribution in [0.4, 0.5) is 0 Å². The SMILES string of the molecule is CCO[N+](CCC[SiH3])(OCC)OCC. The van der Waals surface area contributed by atoms with Gasteiger partial charge in [-0.25, -0.2) is 0 Å². The summed E-state index contributed by atoms with van der Waals surface area (Å²) in [7, 11) is 1.22. The maximum atomic E-state index is 5.52. The van der Waals surface area contributed by atoms with Crippen LogP contribution in [0.2, 0.25) is 6.04 Å². The average Bonchev–Trinajstić information content (AvgIpc) is 2.16. The molecular weight excluding hydrogens is 198 g/mol. The molecule has 0 aromatic heterocycles. The lowest BCUT2D eigenvalue weighted by molar-refractivity contribution is -1.37. The zero-order chi connectivity index (χ0) is 10.9. The zero-order valence-electron chi connectivity index (χ0n) is 9.91. The van der Waals surface area contributed by atoms with Crippen LogP contribution in [0.15, 0.2) is 0 Å². The van der Waals surface area contributed by atoms with Crippen molar-refractivity contribution in [3.63, 3.8) is 0 Å². The third-order valence-corrected chi connectivity index (χ3v) is 2.47. The maximum Gasteiger partial charge on any atom is 0.178 e. The van der Waals surface area contributed by atoms with E-state index in [0.717, 1.165) is 13.0 Å². The van der Waals surface area contributed by atoms with Crippen LogP contribution >= 0.6 is 0 Å². The van der Waals surface area contributed by atoms with Gasteiger partial charge < -0.3 is 0 Å². The molecule has 0 atom stereocenters. The van der Waals surface area contributed by atoms with E-state index in [2.05, 4.69) is 0 Å². The summed E-state index contributed by atoms with van der Waals surface area (Å²) in [5.74, 6) is 0. The van der Waals surface area contributed by atoms with Crippen molar-refractivity contribution in [1.29, 1.82) is 0 Å². The molecular formula is C9H24NO3Si+. The minimum atomic E-state index is -0.0915. The molecule has 4 nitrogen and oxygen atoms in total. The quantitative estimate of drug-likeness (QED) is 0.329. The summed E-state index contributed by atoms with van der Waals surface area (Å²) >= 11 is 0. The first-order chi connectivity index (χ1) is 6.74. The molecule has 0 spiro atoms. The molecule has 0 aliphatic heterocycles. The molecule has 0 rings (SSSR count). The van der Waals surface area contributed by atoms with Gasteiger partial charge >= 0.3 is 0 Å². The molecule has 0 aliphatic rings. The fourth-order valence-corrected chi connectivity index (χ4v) is 1.56. The molecule has 0 amide bonds. The molecule has 0 unspecified atom stereocenters. The minimum Gasteiger partial charge on any atom is -0.132 e. The fourth-order valence-electron chi connectivity index (χ4n) is 1.25. The molecule has 0 saturated heterocycles. The molecule has 0 bridgehead atoms. The highest BCUT2D eigenvalue weighted by Crippen LogP contribution is 2.13. The molecule has 0 radical (unpaired) electrons. The highest BCUT2D eigenvalue weighted by Gasteiger charge is 2.32. The van der Waals surface area contributed by atoms with Gasteiger partial charge in [0.1, 0.15) is 19.8 Å². The van der Waals surface area contributed by atoms with Crippen LogP contribution in [0, 0.1) is 0 Å². The van der Waals surface area contributed by atoms with Crippen molar-refractivity contribution in [2.24, 2.45) is 0 Å². The Balaban J connectivity index is 4.21. The third kappa shape index (κ3) is 5.07. The number of nitrogens with zero attached hydrogens (tertiary/aromatic N) is 1. The molecule has 5 heteroatoms. The lowest BCUT2D eigenvalue weighted by atomic mass is 10.5. The van der Waals surface area contributed by atoms with Crippen LogP contribution < -0.4 is 0 Å². The molecule has 86 valence electrons. The van der Waals surface area contributed by atoms with E-state index < -0.39 is 0 Å². The van der Waals surface area contributed by atoms with E-state index in [0.29, 0.717) is 19.8 Å². The summed E-state index contributed by atoms with van der Waals surface area (Å²) < 4.78 is 0. The summed E-state index contributed by atoms with van der Waals surface area (Å²) in [5, 5.41) is 0. The number of hydroxylamine groups is 3. The Kier molecular flexibility index (Phi) is 8.41. The second-order valence-electron chi connectivity index (χ2n) is 2.94. The lowest BCUT2D eigenvalue weighted by Gasteiger charge is -2.28. The van der Waals surface area contributed by atoms with E-state index in [4.69, 9.17) is 14.5 Å². The second-order valence-corrected chi connectivity index (χ2v) is 3.94. The Morgan fingerprint density at radius 3 is 1.64 bits per heavy atom. The van der Waals surface area contributed by atoms with Gasteiger partial charge in [0.15, 0.2) is 6.54 Å². The van der Waals surface area contributed by atoms with Crippen molar-refractivity contribution in [1.82, 2.24) is 0 Å². The van der Waals surface area contributed by atoms with Crippen LogP contribution in [0.1, 0.15) is 27.2 Å². The smallest absolute Gasteiger partial charge is 0.132 e. The van der Waals surface area contributed by atoms with E-state index >= 15 is 0 Å². The predicted octanol–water partition coefficient (Wildman–Crippen LogP) is 0.831. The molecule has 0 saturated carbocycles. The van der Waals surface area contributed by atoms with Gasteiger partial charge in [0.2, 0.25) is 0 Å². The van der Waals surface area contributed by atoms with Crippen LogP contribution in [-0.2, 0) is 14.5 Å². The van der Waals surface area contributed by atoms with Crippen molar-refractivity contribution in [3.8, 4) is 0 Å². The summed E-state index contributed by atoms with van der Waals surface area (Å²) in [6.45, 7) is 8.42. The van der Waals surface area contributed by atoms with E-state index in [9.17, 15) is 0 Å². The number of quaternary nitrogens is 1. The Bertz CT molecular complexity index is 118. The number of hydrogen-bond acceptors (Lipinski definition) is 3. The second kappa shape index (κ2) is 8.37. The largest absolute Gasteiger partial charge is 0.178 e. The number of rotatable bonds is 9. The Hall–Kier alpha value is 0.0569. The van der Waals surface area contributed by atoms with Gasteiger partial charge in [-0.3, -0.25) is 0 Å². The molecule has 0 aromatic carbocycles. The number of hydrogen-bond donors (Lipinski definition) is 0. The van der Waals surface area contributed by atoms with Gasteiger partial charge in [-0.1, -0.05) is 6.04 Å². The minimum absolute atomic E-state index is 0.0915. The van der Waals surface area contributed by atoms with Crippen LogP contribution in [0.5, 0.6) is 0 Å². The summed E-state index contributed by atoms with van der Waals surface area (Å²) in [6.07, 6.45) is 1.09. The van der Waals surface area contributed by atoms with Crippen molar-refractivity contribution in [3.05, 3.63) is 0 Å². The van der Waals surface area contributed by atoms with Gasteiger partial charge in [0.25, 0.3) is 0 Å². The first-order valence-corrected chi connectivity index (χ1v) is 6.97. The molecule has 0 heterocycles. The van der Waals surface area contributed by atoms with Crippen molar-refractivity contribution >= 4 is 10.2 Å². The van der Waals surface area contributed by atoms with Crippen molar-refractivity contribution < 1.29 is 19.5 Å². The molecule has 0 N–H and O–H groups in total. The summed E-state index contributed by atoms with van der Waals surface area (Å²) in [6, 6.07) is 1.24. The lowest BCUT2D eigenvalue weighted by Crippen LogP contribution is -2.48. The van der Waals surface area contributed by atoms with Crippen LogP contribution in [0.3, 0.4) is 0 Å². The Morgan fingerprint density at radius 2 is 1.36 bits per heavy atom. The summed E-state index contributed by atoms with van der Waals surface area (Å²) in [5.41, 5.74) is 0. The molecule has 0 aliphatic carbocycles. The van der Waals surface area contributed by atoms with Crippen LogP contribution in [-0.4, -0.2) is 41.6 Å². The van der Waals surface area contributed by atoms with E-state index in [1.54, 1.807) is 0 Å². The van der Waals surface area contributed by atoms with Crippen molar-refractivity contribution in [2.75, 3.05) is 26.4 Å². The highest BCUT2D eigenvalue weighted by molar-refractivity contribution is 6.08. The van der Waals surface area contributed by atoms with E-state index in [1.165, 1.54) is 16.3 Å². The first-order valence-electron chi connectivity index (χ1n) is 5.56. The standard InChI is InChI=1S/C9H24NO3Si/c1-4-11-10(12-5-2,13-6-3)8-7-9-14/h4-9H2,1-3,14H3/q+1. The normalized spacial score (nSPS) is 12.2. The van der Waals surface area contributed by atoms with Gasteiger partial charge in [-0.05, 0) is 20.8 Å². The first kappa shape index (κ1) is 14.1. The van der Waals surface area contributed by atoms with Gasteiger partial charge in [-0.2, -0.15) is 0 Å². The van der Waals surface area contributed by atoms with E-state index in [-0.39, 0.29) is 4.97 Å². The van der Waals surface area contributed by atoms with Crippen LogP contribution in [0.25, 0.3) is 0 Å². The van der Waals surface area contributed by atoms with Crippen molar-refractivity contribution in [2.45, 2.75) is 33.2 Å². The molecule has 0 aromatic rings. The predicted molar refractivity (Wildman–Crippen MR) is 59.4 cm³/mol. The summed E-state index contributed by atoms with van der Waals surface area (Å²) in [4.78, 5) is 16.5. The monoisotopic (exact) mass is 222 g/mol. The fraction of sp³-hybridized carbons (Fsp3) is 1.00. The Labute approximate surface area is 90.0 Å². The van der Waals surface area contributed by atoms with Gasteiger partial charge in [-0.15, -0.1) is 14.5 Å². The third-order valence-electron chi connectivity index (χ3n) is 1.76. The average molecular weight is 222 g/mol. The van der Waals surface area contributed by atoms with Gasteiger partial charge in [0.05, 0.1) is 4.97 Å². The Morgan fingerprint density at radius 1 is 0.929 bits per heavy atom. The highest BCUT2D eigenvalue weighted by atomic mass is 28.1.